The van der Waals surface area contributed by atoms with Gasteiger partial charge in [0.2, 0.25) is 0 Å². The van der Waals surface area contributed by atoms with Crippen LogP contribution >= 0.6 is 11.6 Å². The highest BCUT2D eigenvalue weighted by molar-refractivity contribution is 6.32. The van der Waals surface area contributed by atoms with Crippen molar-refractivity contribution in [2.24, 2.45) is 5.92 Å². The van der Waals surface area contributed by atoms with Gasteiger partial charge in [0.1, 0.15) is 10.8 Å². The number of carbonyl (C=O) groups is 1. The number of halogens is 2. The molecule has 0 bridgehead atoms. The summed E-state index contributed by atoms with van der Waals surface area (Å²) in [5, 5.41) is 8.83. The molecule has 20 heavy (non-hydrogen) atoms. The lowest BCUT2D eigenvalue weighted by atomic mass is 9.90. The van der Waals surface area contributed by atoms with Gasteiger partial charge in [-0.25, -0.2) is 4.39 Å². The molecule has 2 rings (SSSR count). The van der Waals surface area contributed by atoms with Crippen LogP contribution in [0.25, 0.3) is 0 Å². The summed E-state index contributed by atoms with van der Waals surface area (Å²) in [6.45, 7) is 0. The summed E-state index contributed by atoms with van der Waals surface area (Å²) < 4.78 is 24.6. The zero-order chi connectivity index (χ0) is 14.9. The number of benzene rings is 1. The number of rotatable bonds is 6. The van der Waals surface area contributed by atoms with E-state index in [9.17, 15) is 9.18 Å². The van der Waals surface area contributed by atoms with Gasteiger partial charge in [-0.3, -0.25) is 4.79 Å². The Balaban J connectivity index is 2.48. The molecule has 1 fully saturated rings. The normalized spacial score (nSPS) is 15.8. The van der Waals surface area contributed by atoms with Crippen molar-refractivity contribution in [1.82, 2.24) is 0 Å². The minimum absolute atomic E-state index is 0.118. The zero-order valence-corrected chi connectivity index (χ0v) is 12.0. The molecule has 1 atom stereocenters. The number of hydrogen-bond acceptors (Lipinski definition) is 3. The second-order valence-electron chi connectivity index (χ2n) is 4.87. The van der Waals surface area contributed by atoms with Crippen molar-refractivity contribution in [3.8, 4) is 11.5 Å². The van der Waals surface area contributed by atoms with Gasteiger partial charge < -0.3 is 14.6 Å². The summed E-state index contributed by atoms with van der Waals surface area (Å²) in [4.78, 5) is 11.0. The highest BCUT2D eigenvalue weighted by atomic mass is 35.5. The van der Waals surface area contributed by atoms with Crippen LogP contribution in [0.5, 0.6) is 11.5 Å². The van der Waals surface area contributed by atoms with Crippen LogP contribution in [0.3, 0.4) is 0 Å². The first-order valence-electron chi connectivity index (χ1n) is 6.31. The lowest BCUT2D eigenvalue weighted by molar-refractivity contribution is -0.137. The fraction of sp³-hybridized carbons (Fsp3) is 0.500. The molecule has 1 unspecified atom stereocenters. The van der Waals surface area contributed by atoms with E-state index in [0.29, 0.717) is 5.75 Å². The van der Waals surface area contributed by atoms with Gasteiger partial charge in [-0.05, 0) is 30.4 Å². The van der Waals surface area contributed by atoms with Gasteiger partial charge in [0.15, 0.2) is 11.5 Å². The molecule has 1 N–H and O–H groups in total. The van der Waals surface area contributed by atoms with Crippen molar-refractivity contribution in [3.05, 3.63) is 22.5 Å². The average molecular weight is 303 g/mol. The van der Waals surface area contributed by atoms with E-state index < -0.39 is 11.8 Å². The van der Waals surface area contributed by atoms with Gasteiger partial charge in [0.05, 0.1) is 20.6 Å². The van der Waals surface area contributed by atoms with Crippen molar-refractivity contribution in [1.29, 1.82) is 0 Å². The Morgan fingerprint density at radius 2 is 2.15 bits per heavy atom. The van der Waals surface area contributed by atoms with Crippen molar-refractivity contribution in [3.63, 3.8) is 0 Å². The zero-order valence-electron chi connectivity index (χ0n) is 11.3. The molecule has 1 saturated carbocycles. The first-order chi connectivity index (χ1) is 9.49. The summed E-state index contributed by atoms with van der Waals surface area (Å²) in [5.41, 5.74) is 0.289. The second-order valence-corrected chi connectivity index (χ2v) is 5.25. The minimum atomic E-state index is -0.952. The summed E-state index contributed by atoms with van der Waals surface area (Å²) in [5.74, 6) is -1.33. The quantitative estimate of drug-likeness (QED) is 0.874. The van der Waals surface area contributed by atoms with E-state index in [1.165, 1.54) is 20.3 Å². The van der Waals surface area contributed by atoms with E-state index in [1.54, 1.807) is 0 Å². The van der Waals surface area contributed by atoms with Crippen LogP contribution in [0.4, 0.5) is 4.39 Å². The van der Waals surface area contributed by atoms with Gasteiger partial charge in [-0.15, -0.1) is 0 Å². The molecular formula is C14H16ClFO4. The molecule has 0 aliphatic heterocycles. The Kier molecular flexibility index (Phi) is 4.38. The van der Waals surface area contributed by atoms with Gasteiger partial charge in [0.25, 0.3) is 0 Å². The van der Waals surface area contributed by atoms with Gasteiger partial charge >= 0.3 is 5.97 Å². The maximum Gasteiger partial charge on any atom is 0.303 e. The molecule has 1 aliphatic rings. The van der Waals surface area contributed by atoms with E-state index in [1.807, 2.05) is 0 Å². The molecule has 4 nitrogen and oxygen atoms in total. The Bertz CT molecular complexity index is 528. The maximum atomic E-state index is 14.4. The Labute approximate surface area is 121 Å². The van der Waals surface area contributed by atoms with Crippen LogP contribution in [0, 0.1) is 11.7 Å². The van der Waals surface area contributed by atoms with E-state index in [0.717, 1.165) is 12.8 Å². The van der Waals surface area contributed by atoms with Gasteiger partial charge in [-0.1, -0.05) is 11.6 Å². The van der Waals surface area contributed by atoms with E-state index in [2.05, 4.69) is 0 Å². The SMILES string of the molecule is COc1cc(C(CC(=O)O)C2CC2)c(F)c(Cl)c1OC. The van der Waals surface area contributed by atoms with Gasteiger partial charge in [-0.2, -0.15) is 0 Å². The number of carboxylic acid groups (broad SMARTS) is 1. The molecule has 0 saturated heterocycles. The summed E-state index contributed by atoms with van der Waals surface area (Å²) in [6, 6.07) is 1.49. The number of methoxy groups -OCH3 is 2. The molecule has 1 aromatic carbocycles. The molecule has 0 spiro atoms. The molecule has 1 aromatic rings. The summed E-state index contributed by atoms with van der Waals surface area (Å²) in [6.07, 6.45) is 1.69. The van der Waals surface area contributed by atoms with Crippen LogP contribution in [-0.4, -0.2) is 25.3 Å². The third-order valence-electron chi connectivity index (χ3n) is 3.56. The molecular weight excluding hydrogens is 287 g/mol. The first-order valence-corrected chi connectivity index (χ1v) is 6.69. The van der Waals surface area contributed by atoms with Crippen LogP contribution in [0.2, 0.25) is 5.02 Å². The van der Waals surface area contributed by atoms with Crippen LogP contribution < -0.4 is 9.47 Å². The first kappa shape index (κ1) is 14.9. The van der Waals surface area contributed by atoms with E-state index in [4.69, 9.17) is 26.2 Å². The largest absolute Gasteiger partial charge is 0.493 e. The number of carboxylic acids is 1. The predicted molar refractivity (Wildman–Crippen MR) is 72.2 cm³/mol. The molecule has 0 aromatic heterocycles. The second kappa shape index (κ2) is 5.87. The Morgan fingerprint density at radius 3 is 2.60 bits per heavy atom. The Morgan fingerprint density at radius 1 is 1.50 bits per heavy atom. The summed E-state index contributed by atoms with van der Waals surface area (Å²) in [7, 11) is 2.80. The molecule has 1 aliphatic carbocycles. The maximum absolute atomic E-state index is 14.4. The lowest BCUT2D eigenvalue weighted by Crippen LogP contribution is -2.11. The van der Waals surface area contributed by atoms with Crippen LogP contribution in [0.15, 0.2) is 6.07 Å². The highest BCUT2D eigenvalue weighted by Crippen LogP contribution is 2.49. The lowest BCUT2D eigenvalue weighted by Gasteiger charge is -2.19. The van der Waals surface area contributed by atoms with Gasteiger partial charge in [0, 0.05) is 5.92 Å². The highest BCUT2D eigenvalue weighted by Gasteiger charge is 2.36. The number of hydrogen-bond donors (Lipinski definition) is 1. The molecule has 0 heterocycles. The fourth-order valence-electron chi connectivity index (χ4n) is 2.43. The minimum Gasteiger partial charge on any atom is -0.493 e. The third-order valence-corrected chi connectivity index (χ3v) is 3.90. The fourth-order valence-corrected chi connectivity index (χ4v) is 2.71. The topological polar surface area (TPSA) is 55.8 Å². The monoisotopic (exact) mass is 302 g/mol. The smallest absolute Gasteiger partial charge is 0.303 e. The standard InChI is InChI=1S/C14H16ClFO4/c1-19-10-5-9(13(16)12(15)14(10)20-2)8(6-11(17)18)7-3-4-7/h5,7-8H,3-4,6H2,1-2H3,(H,17,18). The van der Waals surface area contributed by atoms with Crippen LogP contribution in [-0.2, 0) is 4.79 Å². The number of ether oxygens (including phenoxy) is 2. The van der Waals surface area contributed by atoms with Crippen molar-refractivity contribution in [2.75, 3.05) is 14.2 Å². The van der Waals surface area contributed by atoms with Crippen molar-refractivity contribution >= 4 is 17.6 Å². The van der Waals surface area contributed by atoms with Crippen molar-refractivity contribution in [2.45, 2.75) is 25.2 Å². The van der Waals surface area contributed by atoms with Crippen LogP contribution in [0.1, 0.15) is 30.7 Å². The molecule has 110 valence electrons. The predicted octanol–water partition coefficient (Wildman–Crippen LogP) is 3.46. The number of aliphatic carboxylic acids is 1. The third kappa shape index (κ3) is 2.82. The van der Waals surface area contributed by atoms with E-state index in [-0.39, 0.29) is 34.6 Å². The molecule has 0 radical (unpaired) electrons. The molecule has 0 amide bonds. The average Bonchev–Trinajstić information content (AvgIpc) is 3.23. The molecule has 6 heteroatoms. The van der Waals surface area contributed by atoms with Crippen molar-refractivity contribution < 1.29 is 23.8 Å². The van der Waals surface area contributed by atoms with E-state index >= 15 is 0 Å². The summed E-state index contributed by atoms with van der Waals surface area (Å²) >= 11 is 5.96. The Hall–Kier alpha value is -1.49.